The number of hydrogen-bond acceptors (Lipinski definition) is 3. The molecule has 2 N–H and O–H groups in total. The number of nitrogens with one attached hydrogen (secondary N) is 2. The highest BCUT2D eigenvalue weighted by molar-refractivity contribution is 5.72. The maximum Gasteiger partial charge on any atom is 0.216 e. The Balaban J connectivity index is 2.57. The first-order chi connectivity index (χ1) is 8.69. The largest absolute Gasteiger partial charge is 0.496 e. The standard InChI is InChI=1S/C14H22N2O2/c1-4-13(16-10-9-15-11(2)17)12-7-5-6-8-14(12)18-3/h5-8,13,16H,4,9-10H2,1-3H3,(H,15,17). The molecule has 18 heavy (non-hydrogen) atoms. The minimum Gasteiger partial charge on any atom is -0.496 e. The van der Waals surface area contributed by atoms with Gasteiger partial charge in [-0.3, -0.25) is 4.79 Å². The fourth-order valence-corrected chi connectivity index (χ4v) is 1.91. The highest BCUT2D eigenvalue weighted by atomic mass is 16.5. The van der Waals surface area contributed by atoms with E-state index in [1.807, 2.05) is 18.2 Å². The van der Waals surface area contributed by atoms with Crippen molar-refractivity contribution in [2.75, 3.05) is 20.2 Å². The average Bonchev–Trinajstić information content (AvgIpc) is 2.38. The van der Waals surface area contributed by atoms with E-state index in [0.29, 0.717) is 6.54 Å². The summed E-state index contributed by atoms with van der Waals surface area (Å²) < 4.78 is 5.36. The van der Waals surface area contributed by atoms with Crippen molar-refractivity contribution in [3.63, 3.8) is 0 Å². The molecule has 1 aromatic rings. The van der Waals surface area contributed by atoms with Crippen LogP contribution in [-0.4, -0.2) is 26.1 Å². The molecule has 0 heterocycles. The number of rotatable bonds is 7. The molecule has 0 spiro atoms. The Labute approximate surface area is 109 Å². The van der Waals surface area contributed by atoms with Gasteiger partial charge in [0, 0.05) is 31.6 Å². The summed E-state index contributed by atoms with van der Waals surface area (Å²) in [4.78, 5) is 10.8. The third-order valence-corrected chi connectivity index (χ3v) is 2.81. The first-order valence-electron chi connectivity index (χ1n) is 6.29. The Morgan fingerprint density at radius 1 is 1.33 bits per heavy atom. The number of carbonyl (C=O) groups excluding carboxylic acids is 1. The van der Waals surface area contributed by atoms with Gasteiger partial charge in [-0.1, -0.05) is 25.1 Å². The molecule has 1 atom stereocenters. The second-order valence-electron chi connectivity index (χ2n) is 4.14. The van der Waals surface area contributed by atoms with Crippen molar-refractivity contribution in [2.24, 2.45) is 0 Å². The van der Waals surface area contributed by atoms with Crippen LogP contribution in [0.15, 0.2) is 24.3 Å². The number of amides is 1. The summed E-state index contributed by atoms with van der Waals surface area (Å²) in [5.74, 6) is 0.901. The Morgan fingerprint density at radius 2 is 2.06 bits per heavy atom. The molecule has 0 aliphatic heterocycles. The fourth-order valence-electron chi connectivity index (χ4n) is 1.91. The molecule has 0 saturated carbocycles. The van der Waals surface area contributed by atoms with E-state index in [1.165, 1.54) is 6.92 Å². The van der Waals surface area contributed by atoms with E-state index in [2.05, 4.69) is 23.6 Å². The van der Waals surface area contributed by atoms with Gasteiger partial charge in [-0.2, -0.15) is 0 Å². The van der Waals surface area contributed by atoms with Crippen LogP contribution in [-0.2, 0) is 4.79 Å². The van der Waals surface area contributed by atoms with Crippen LogP contribution in [0.25, 0.3) is 0 Å². The van der Waals surface area contributed by atoms with Crippen LogP contribution in [0, 0.1) is 0 Å². The zero-order valence-electron chi connectivity index (χ0n) is 11.3. The van der Waals surface area contributed by atoms with Gasteiger partial charge in [-0.25, -0.2) is 0 Å². The second-order valence-corrected chi connectivity index (χ2v) is 4.14. The summed E-state index contributed by atoms with van der Waals surface area (Å²) >= 11 is 0. The topological polar surface area (TPSA) is 50.4 Å². The van der Waals surface area contributed by atoms with Gasteiger partial charge in [0.05, 0.1) is 7.11 Å². The van der Waals surface area contributed by atoms with Gasteiger partial charge in [0.25, 0.3) is 0 Å². The number of methoxy groups -OCH3 is 1. The number of carbonyl (C=O) groups is 1. The molecule has 100 valence electrons. The van der Waals surface area contributed by atoms with Crippen molar-refractivity contribution < 1.29 is 9.53 Å². The third-order valence-electron chi connectivity index (χ3n) is 2.81. The fraction of sp³-hybridized carbons (Fsp3) is 0.500. The van der Waals surface area contributed by atoms with E-state index in [-0.39, 0.29) is 11.9 Å². The predicted molar refractivity (Wildman–Crippen MR) is 72.7 cm³/mol. The Morgan fingerprint density at radius 3 is 2.67 bits per heavy atom. The minimum absolute atomic E-state index is 0.00198. The quantitative estimate of drug-likeness (QED) is 0.726. The molecular weight excluding hydrogens is 228 g/mol. The van der Waals surface area contributed by atoms with Crippen molar-refractivity contribution in [3.05, 3.63) is 29.8 Å². The molecule has 0 bridgehead atoms. The van der Waals surface area contributed by atoms with Crippen LogP contribution in [0.1, 0.15) is 31.9 Å². The van der Waals surface area contributed by atoms with Crippen LogP contribution >= 0.6 is 0 Å². The van der Waals surface area contributed by atoms with Crippen molar-refractivity contribution in [2.45, 2.75) is 26.3 Å². The van der Waals surface area contributed by atoms with Gasteiger partial charge in [0.1, 0.15) is 5.75 Å². The van der Waals surface area contributed by atoms with E-state index >= 15 is 0 Å². The van der Waals surface area contributed by atoms with Crippen LogP contribution in [0.3, 0.4) is 0 Å². The maximum atomic E-state index is 10.8. The number of hydrogen-bond donors (Lipinski definition) is 2. The zero-order chi connectivity index (χ0) is 13.4. The number of ether oxygens (including phenoxy) is 1. The summed E-state index contributed by atoms with van der Waals surface area (Å²) in [6.07, 6.45) is 0.973. The minimum atomic E-state index is 0.00198. The lowest BCUT2D eigenvalue weighted by Gasteiger charge is -2.20. The highest BCUT2D eigenvalue weighted by Gasteiger charge is 2.12. The molecule has 4 heteroatoms. The predicted octanol–water partition coefficient (Wildman–Crippen LogP) is 1.87. The third kappa shape index (κ3) is 4.37. The summed E-state index contributed by atoms with van der Waals surface area (Å²) in [6.45, 7) is 5.04. The van der Waals surface area contributed by atoms with E-state index in [1.54, 1.807) is 7.11 Å². The van der Waals surface area contributed by atoms with Gasteiger partial charge in [-0.15, -0.1) is 0 Å². The van der Waals surface area contributed by atoms with Crippen LogP contribution < -0.4 is 15.4 Å². The van der Waals surface area contributed by atoms with Gasteiger partial charge in [0.2, 0.25) is 5.91 Å². The molecule has 4 nitrogen and oxygen atoms in total. The summed E-state index contributed by atoms with van der Waals surface area (Å²) in [6, 6.07) is 8.25. The Kier molecular flexibility index (Phi) is 6.22. The maximum absolute atomic E-state index is 10.8. The molecule has 0 fully saturated rings. The molecule has 0 aliphatic rings. The van der Waals surface area contributed by atoms with Crippen LogP contribution in [0.5, 0.6) is 5.75 Å². The lowest BCUT2D eigenvalue weighted by atomic mass is 10.0. The molecule has 1 aromatic carbocycles. The molecule has 1 rings (SSSR count). The van der Waals surface area contributed by atoms with Crippen LogP contribution in [0.2, 0.25) is 0 Å². The molecule has 0 aromatic heterocycles. The van der Waals surface area contributed by atoms with Crippen molar-refractivity contribution in [1.82, 2.24) is 10.6 Å². The molecule has 0 aliphatic carbocycles. The first-order valence-corrected chi connectivity index (χ1v) is 6.29. The Bertz CT molecular complexity index is 380. The van der Waals surface area contributed by atoms with Crippen molar-refractivity contribution in [1.29, 1.82) is 0 Å². The molecule has 0 saturated heterocycles. The lowest BCUT2D eigenvalue weighted by Crippen LogP contribution is -2.32. The summed E-state index contributed by atoms with van der Waals surface area (Å²) in [5, 5.41) is 6.19. The molecular formula is C14H22N2O2. The summed E-state index contributed by atoms with van der Waals surface area (Å²) in [5.41, 5.74) is 1.16. The van der Waals surface area contributed by atoms with E-state index in [0.717, 1.165) is 24.3 Å². The van der Waals surface area contributed by atoms with Crippen LogP contribution in [0.4, 0.5) is 0 Å². The number of benzene rings is 1. The summed E-state index contributed by atoms with van der Waals surface area (Å²) in [7, 11) is 1.68. The van der Waals surface area contributed by atoms with Gasteiger partial charge in [0.15, 0.2) is 0 Å². The van der Waals surface area contributed by atoms with Gasteiger partial charge >= 0.3 is 0 Å². The molecule has 0 radical (unpaired) electrons. The SMILES string of the molecule is CCC(NCCNC(C)=O)c1ccccc1OC. The second kappa shape index (κ2) is 7.71. The lowest BCUT2D eigenvalue weighted by molar-refractivity contribution is -0.118. The monoisotopic (exact) mass is 250 g/mol. The number of para-hydroxylation sites is 1. The van der Waals surface area contributed by atoms with Crippen molar-refractivity contribution >= 4 is 5.91 Å². The smallest absolute Gasteiger partial charge is 0.216 e. The van der Waals surface area contributed by atoms with Crippen molar-refractivity contribution in [3.8, 4) is 5.75 Å². The first kappa shape index (κ1) is 14.5. The molecule has 1 amide bonds. The van der Waals surface area contributed by atoms with Gasteiger partial charge in [-0.05, 0) is 12.5 Å². The Hall–Kier alpha value is -1.55. The van der Waals surface area contributed by atoms with E-state index < -0.39 is 0 Å². The zero-order valence-corrected chi connectivity index (χ0v) is 11.3. The van der Waals surface area contributed by atoms with E-state index in [9.17, 15) is 4.79 Å². The molecule has 1 unspecified atom stereocenters. The normalized spacial score (nSPS) is 11.9. The van der Waals surface area contributed by atoms with Gasteiger partial charge < -0.3 is 15.4 Å². The highest BCUT2D eigenvalue weighted by Crippen LogP contribution is 2.26. The van der Waals surface area contributed by atoms with E-state index in [4.69, 9.17) is 4.74 Å². The average molecular weight is 250 g/mol.